The molecule has 0 unspecified atom stereocenters. The normalized spacial score (nSPS) is 17.4. The van der Waals surface area contributed by atoms with E-state index in [2.05, 4.69) is 38.6 Å². The van der Waals surface area contributed by atoms with Crippen LogP contribution < -0.4 is 4.74 Å². The van der Waals surface area contributed by atoms with Crippen LogP contribution >= 0.6 is 0 Å². The Morgan fingerprint density at radius 3 is 2.79 bits per heavy atom. The van der Waals surface area contributed by atoms with Crippen LogP contribution in [0.1, 0.15) is 31.9 Å². The highest BCUT2D eigenvalue weighted by atomic mass is 16.5. The van der Waals surface area contributed by atoms with E-state index >= 15 is 0 Å². The molecule has 0 bridgehead atoms. The van der Waals surface area contributed by atoms with Crippen LogP contribution in [0, 0.1) is 0 Å². The molecule has 0 aliphatic carbocycles. The molecule has 0 spiro atoms. The van der Waals surface area contributed by atoms with E-state index in [0.717, 1.165) is 17.9 Å². The zero-order valence-corrected chi connectivity index (χ0v) is 9.05. The number of benzene rings is 1. The summed E-state index contributed by atoms with van der Waals surface area (Å²) in [5.74, 6) is 1.02. The molecule has 0 saturated carbocycles. The van der Waals surface area contributed by atoms with Gasteiger partial charge in [-0.2, -0.15) is 0 Å². The van der Waals surface area contributed by atoms with Gasteiger partial charge < -0.3 is 4.74 Å². The molecule has 1 heterocycles. The van der Waals surface area contributed by atoms with Crippen molar-refractivity contribution < 1.29 is 4.74 Å². The highest BCUT2D eigenvalue weighted by Gasteiger charge is 2.31. The van der Waals surface area contributed by atoms with E-state index in [0.29, 0.717) is 0 Å². The second kappa shape index (κ2) is 2.88. The minimum Gasteiger partial charge on any atom is -0.492 e. The summed E-state index contributed by atoms with van der Waals surface area (Å²) >= 11 is 0. The van der Waals surface area contributed by atoms with Crippen molar-refractivity contribution in [2.45, 2.75) is 26.2 Å². The zero-order chi connectivity index (χ0) is 10.3. The fourth-order valence-corrected chi connectivity index (χ4v) is 1.80. The Balaban J connectivity index is 2.49. The third-order valence-corrected chi connectivity index (χ3v) is 2.79. The van der Waals surface area contributed by atoms with Crippen molar-refractivity contribution in [3.63, 3.8) is 0 Å². The molecule has 2 rings (SSSR count). The van der Waals surface area contributed by atoms with Gasteiger partial charge in [0.05, 0.1) is 6.61 Å². The average molecular weight is 188 g/mol. The predicted molar refractivity (Wildman–Crippen MR) is 59.7 cm³/mol. The van der Waals surface area contributed by atoms with E-state index in [1.807, 2.05) is 6.92 Å². The second-order valence-electron chi connectivity index (χ2n) is 4.66. The highest BCUT2D eigenvalue weighted by molar-refractivity contribution is 5.64. The summed E-state index contributed by atoms with van der Waals surface area (Å²) in [5, 5.41) is 0. The molecule has 0 atom stereocenters. The fraction of sp³-hybridized carbons (Fsp3) is 0.385. The SMILES string of the molecule is C=C(C)c1ccc2c(c1)OCC2(C)C. The third-order valence-electron chi connectivity index (χ3n) is 2.79. The van der Waals surface area contributed by atoms with Crippen LogP contribution in [0.3, 0.4) is 0 Å². The molecule has 1 aromatic rings. The Labute approximate surface area is 85.4 Å². The van der Waals surface area contributed by atoms with E-state index in [1.165, 1.54) is 11.1 Å². The molecule has 0 amide bonds. The molecule has 0 fully saturated rings. The minimum atomic E-state index is 0.156. The molecular weight excluding hydrogens is 172 g/mol. The molecule has 0 saturated heterocycles. The van der Waals surface area contributed by atoms with E-state index in [9.17, 15) is 0 Å². The molecule has 14 heavy (non-hydrogen) atoms. The van der Waals surface area contributed by atoms with Crippen LogP contribution in [0.15, 0.2) is 24.8 Å². The fourth-order valence-electron chi connectivity index (χ4n) is 1.80. The Morgan fingerprint density at radius 2 is 2.14 bits per heavy atom. The molecule has 1 aliphatic heterocycles. The number of hydrogen-bond donors (Lipinski definition) is 0. The van der Waals surface area contributed by atoms with Crippen LogP contribution in [0.4, 0.5) is 0 Å². The van der Waals surface area contributed by atoms with Crippen molar-refractivity contribution in [3.8, 4) is 5.75 Å². The topological polar surface area (TPSA) is 9.23 Å². The Hall–Kier alpha value is -1.24. The summed E-state index contributed by atoms with van der Waals surface area (Å²) in [6.45, 7) is 11.1. The lowest BCUT2D eigenvalue weighted by Crippen LogP contribution is -2.18. The van der Waals surface area contributed by atoms with Crippen molar-refractivity contribution in [2.24, 2.45) is 0 Å². The average Bonchev–Trinajstić information content (AvgIpc) is 2.42. The third kappa shape index (κ3) is 1.33. The van der Waals surface area contributed by atoms with Crippen molar-refractivity contribution in [1.82, 2.24) is 0 Å². The van der Waals surface area contributed by atoms with Crippen LogP contribution in [0.2, 0.25) is 0 Å². The first-order chi connectivity index (χ1) is 6.50. The van der Waals surface area contributed by atoms with Gasteiger partial charge in [0.25, 0.3) is 0 Å². The number of allylic oxidation sites excluding steroid dienone is 1. The summed E-state index contributed by atoms with van der Waals surface area (Å²) in [7, 11) is 0. The molecule has 1 heteroatoms. The van der Waals surface area contributed by atoms with Crippen molar-refractivity contribution >= 4 is 5.57 Å². The zero-order valence-electron chi connectivity index (χ0n) is 9.05. The summed E-state index contributed by atoms with van der Waals surface area (Å²) in [6.07, 6.45) is 0. The van der Waals surface area contributed by atoms with Gasteiger partial charge in [-0.1, -0.05) is 38.1 Å². The van der Waals surface area contributed by atoms with Gasteiger partial charge in [0.15, 0.2) is 0 Å². The van der Waals surface area contributed by atoms with Gasteiger partial charge in [0.2, 0.25) is 0 Å². The predicted octanol–water partition coefficient (Wildman–Crippen LogP) is 3.39. The first-order valence-corrected chi connectivity index (χ1v) is 4.94. The maximum Gasteiger partial charge on any atom is 0.123 e. The van der Waals surface area contributed by atoms with Gasteiger partial charge >= 0.3 is 0 Å². The molecular formula is C13H16O. The molecule has 1 nitrogen and oxygen atoms in total. The van der Waals surface area contributed by atoms with Crippen LogP contribution in [0.5, 0.6) is 5.75 Å². The molecule has 1 aromatic carbocycles. The molecule has 0 aromatic heterocycles. The maximum absolute atomic E-state index is 5.66. The first kappa shape index (κ1) is 9.32. The molecule has 1 aliphatic rings. The smallest absolute Gasteiger partial charge is 0.123 e. The summed E-state index contributed by atoms with van der Waals surface area (Å²) < 4.78 is 5.66. The van der Waals surface area contributed by atoms with Gasteiger partial charge in [-0.05, 0) is 18.6 Å². The molecule has 74 valence electrons. The van der Waals surface area contributed by atoms with Gasteiger partial charge in [-0.25, -0.2) is 0 Å². The lowest BCUT2D eigenvalue weighted by atomic mass is 9.86. The van der Waals surface area contributed by atoms with Crippen molar-refractivity contribution in [2.75, 3.05) is 6.61 Å². The summed E-state index contributed by atoms with van der Waals surface area (Å²) in [6, 6.07) is 6.37. The van der Waals surface area contributed by atoms with Gasteiger partial charge in [-0.15, -0.1) is 0 Å². The number of fused-ring (bicyclic) bond motifs is 1. The monoisotopic (exact) mass is 188 g/mol. The largest absolute Gasteiger partial charge is 0.492 e. The second-order valence-corrected chi connectivity index (χ2v) is 4.66. The highest BCUT2D eigenvalue weighted by Crippen LogP contribution is 2.39. The minimum absolute atomic E-state index is 0.156. The first-order valence-electron chi connectivity index (χ1n) is 4.94. The Morgan fingerprint density at radius 1 is 1.43 bits per heavy atom. The van der Waals surface area contributed by atoms with E-state index < -0.39 is 0 Å². The van der Waals surface area contributed by atoms with Crippen LogP contribution in [-0.2, 0) is 5.41 Å². The molecule has 0 N–H and O–H groups in total. The standard InChI is InChI=1S/C13H16O/c1-9(2)10-5-6-11-12(7-10)14-8-13(11,3)4/h5-7H,1,8H2,2-4H3. The number of rotatable bonds is 1. The quantitative estimate of drug-likeness (QED) is 0.656. The Kier molecular flexibility index (Phi) is 1.91. The number of ether oxygens (including phenoxy) is 1. The summed E-state index contributed by atoms with van der Waals surface area (Å²) in [4.78, 5) is 0. The van der Waals surface area contributed by atoms with E-state index in [1.54, 1.807) is 0 Å². The van der Waals surface area contributed by atoms with Crippen molar-refractivity contribution in [1.29, 1.82) is 0 Å². The number of hydrogen-bond acceptors (Lipinski definition) is 1. The maximum atomic E-state index is 5.66. The lowest BCUT2D eigenvalue weighted by Gasteiger charge is -2.14. The van der Waals surface area contributed by atoms with Gasteiger partial charge in [-0.3, -0.25) is 0 Å². The van der Waals surface area contributed by atoms with Crippen molar-refractivity contribution in [3.05, 3.63) is 35.9 Å². The Bertz CT molecular complexity index is 388. The lowest BCUT2D eigenvalue weighted by molar-refractivity contribution is 0.291. The van der Waals surface area contributed by atoms with Crippen LogP contribution in [-0.4, -0.2) is 6.61 Å². The molecule has 0 radical (unpaired) electrons. The van der Waals surface area contributed by atoms with Gasteiger partial charge in [0.1, 0.15) is 5.75 Å². The van der Waals surface area contributed by atoms with E-state index in [-0.39, 0.29) is 5.41 Å². The van der Waals surface area contributed by atoms with Crippen LogP contribution in [0.25, 0.3) is 5.57 Å². The summed E-state index contributed by atoms with van der Waals surface area (Å²) in [5.41, 5.74) is 3.72. The van der Waals surface area contributed by atoms with Gasteiger partial charge in [0, 0.05) is 11.0 Å². The van der Waals surface area contributed by atoms with E-state index in [4.69, 9.17) is 4.74 Å².